The lowest BCUT2D eigenvalue weighted by atomic mass is 10.00. The first-order chi connectivity index (χ1) is 9.60. The van der Waals surface area contributed by atoms with Crippen molar-refractivity contribution >= 4 is 0 Å². The molecule has 3 N–H and O–H groups in total. The first-order valence-corrected chi connectivity index (χ1v) is 7.41. The minimum atomic E-state index is 0.339. The van der Waals surface area contributed by atoms with Gasteiger partial charge in [0.1, 0.15) is 5.82 Å². The lowest BCUT2D eigenvalue weighted by Crippen LogP contribution is -2.52. The van der Waals surface area contributed by atoms with Crippen LogP contribution in [-0.2, 0) is 13.5 Å². The summed E-state index contributed by atoms with van der Waals surface area (Å²) in [6.07, 6.45) is 6.91. The van der Waals surface area contributed by atoms with Crippen molar-refractivity contribution in [3.05, 3.63) is 18.2 Å². The fourth-order valence-electron chi connectivity index (χ4n) is 2.89. The lowest BCUT2D eigenvalue weighted by molar-refractivity contribution is 0.100. The zero-order chi connectivity index (χ0) is 14.5. The molecule has 1 fully saturated rings. The van der Waals surface area contributed by atoms with E-state index in [-0.39, 0.29) is 0 Å². The van der Waals surface area contributed by atoms with Gasteiger partial charge in [-0.05, 0) is 26.9 Å². The van der Waals surface area contributed by atoms with E-state index in [9.17, 15) is 0 Å². The molecule has 2 heterocycles. The number of nitrogens with one attached hydrogen (secondary N) is 1. The van der Waals surface area contributed by atoms with Gasteiger partial charge in [-0.2, -0.15) is 0 Å². The third-order valence-electron chi connectivity index (χ3n) is 4.41. The van der Waals surface area contributed by atoms with Gasteiger partial charge < -0.3 is 14.4 Å². The van der Waals surface area contributed by atoms with Crippen molar-refractivity contribution in [3.8, 4) is 0 Å². The van der Waals surface area contributed by atoms with Crippen LogP contribution in [0.1, 0.15) is 18.7 Å². The highest BCUT2D eigenvalue weighted by Crippen LogP contribution is 2.14. The van der Waals surface area contributed by atoms with Gasteiger partial charge in [-0.25, -0.2) is 4.98 Å². The van der Waals surface area contributed by atoms with E-state index in [0.717, 1.165) is 44.7 Å². The van der Waals surface area contributed by atoms with Gasteiger partial charge in [-0.15, -0.1) is 0 Å². The zero-order valence-electron chi connectivity index (χ0n) is 12.9. The number of imidazole rings is 1. The molecule has 1 aliphatic rings. The van der Waals surface area contributed by atoms with Gasteiger partial charge in [0.2, 0.25) is 0 Å². The maximum absolute atomic E-state index is 5.74. The van der Waals surface area contributed by atoms with E-state index in [1.165, 1.54) is 0 Å². The smallest absolute Gasteiger partial charge is 0.108 e. The Bertz CT molecular complexity index is 404. The average Bonchev–Trinajstić information content (AvgIpc) is 2.84. The van der Waals surface area contributed by atoms with Crippen LogP contribution in [-0.4, -0.2) is 65.2 Å². The quantitative estimate of drug-likeness (QED) is 0.559. The Morgan fingerprint density at radius 1 is 1.40 bits per heavy atom. The van der Waals surface area contributed by atoms with Crippen LogP contribution in [0.25, 0.3) is 0 Å². The van der Waals surface area contributed by atoms with Crippen LogP contribution in [0.3, 0.4) is 0 Å². The van der Waals surface area contributed by atoms with Crippen molar-refractivity contribution in [3.63, 3.8) is 0 Å². The number of rotatable bonds is 6. The summed E-state index contributed by atoms with van der Waals surface area (Å²) in [4.78, 5) is 9.22. The summed E-state index contributed by atoms with van der Waals surface area (Å²) in [6, 6.07) is 0.918. The van der Waals surface area contributed by atoms with E-state index in [2.05, 4.69) is 38.9 Å². The molecule has 20 heavy (non-hydrogen) atoms. The number of hydrazine groups is 1. The highest BCUT2D eigenvalue weighted by atomic mass is 15.3. The molecule has 114 valence electrons. The molecule has 1 aromatic heterocycles. The maximum Gasteiger partial charge on any atom is 0.108 e. The average molecular weight is 280 g/mol. The van der Waals surface area contributed by atoms with Gasteiger partial charge in [-0.3, -0.25) is 11.3 Å². The molecule has 0 amide bonds. The van der Waals surface area contributed by atoms with Crippen molar-refractivity contribution in [2.45, 2.75) is 31.3 Å². The second-order valence-electron chi connectivity index (χ2n) is 5.99. The standard InChI is InChI=1S/C14H28N6/c1-18-8-9-19(2)13(11-18)10-12(17-15)4-5-14-16-6-7-20(14)3/h6-7,12-13,17H,4-5,8-11,15H2,1-3H3. The van der Waals surface area contributed by atoms with E-state index in [4.69, 9.17) is 5.84 Å². The molecule has 2 atom stereocenters. The molecule has 0 aromatic carbocycles. The van der Waals surface area contributed by atoms with Crippen LogP contribution >= 0.6 is 0 Å². The summed E-state index contributed by atoms with van der Waals surface area (Å²) in [5, 5.41) is 0. The first kappa shape index (κ1) is 15.4. The van der Waals surface area contributed by atoms with Gasteiger partial charge in [0.25, 0.3) is 0 Å². The van der Waals surface area contributed by atoms with Gasteiger partial charge >= 0.3 is 0 Å². The number of aryl methyl sites for hydroxylation is 2. The van der Waals surface area contributed by atoms with Crippen LogP contribution in [0.4, 0.5) is 0 Å². The van der Waals surface area contributed by atoms with Gasteiger partial charge in [0.05, 0.1) is 0 Å². The van der Waals surface area contributed by atoms with Crippen LogP contribution < -0.4 is 11.3 Å². The number of likely N-dealkylation sites (N-methyl/N-ethyl adjacent to an activating group) is 2. The normalized spacial score (nSPS) is 23.1. The molecule has 0 spiro atoms. The fraction of sp³-hybridized carbons (Fsp3) is 0.786. The number of nitrogens with two attached hydrogens (primary N) is 1. The number of hydrogen-bond acceptors (Lipinski definition) is 5. The van der Waals surface area contributed by atoms with Crippen molar-refractivity contribution < 1.29 is 0 Å². The number of hydrogen-bond donors (Lipinski definition) is 2. The molecule has 2 rings (SSSR count). The third kappa shape index (κ3) is 4.02. The third-order valence-corrected chi connectivity index (χ3v) is 4.41. The molecule has 1 saturated heterocycles. The van der Waals surface area contributed by atoms with E-state index in [1.54, 1.807) is 0 Å². The van der Waals surface area contributed by atoms with E-state index < -0.39 is 0 Å². The SMILES string of the molecule is CN1CCN(C)C(CC(CCc2nccn2C)NN)C1. The van der Waals surface area contributed by atoms with Crippen molar-refractivity contribution in [1.82, 2.24) is 24.8 Å². The van der Waals surface area contributed by atoms with Crippen molar-refractivity contribution in [1.29, 1.82) is 0 Å². The highest BCUT2D eigenvalue weighted by Gasteiger charge is 2.24. The van der Waals surface area contributed by atoms with Crippen molar-refractivity contribution in [2.24, 2.45) is 12.9 Å². The summed E-state index contributed by atoms with van der Waals surface area (Å²) in [7, 11) is 6.44. The predicted molar refractivity (Wildman–Crippen MR) is 81.2 cm³/mol. The van der Waals surface area contributed by atoms with Crippen LogP contribution in [0.15, 0.2) is 12.4 Å². The molecule has 0 bridgehead atoms. The zero-order valence-corrected chi connectivity index (χ0v) is 12.9. The second kappa shape index (κ2) is 7.17. The summed E-state index contributed by atoms with van der Waals surface area (Å²) in [5.41, 5.74) is 2.98. The topological polar surface area (TPSA) is 62.3 Å². The van der Waals surface area contributed by atoms with Gasteiger partial charge in [-0.1, -0.05) is 0 Å². The Morgan fingerprint density at radius 2 is 2.20 bits per heavy atom. The van der Waals surface area contributed by atoms with Gasteiger partial charge in [0, 0.05) is 57.6 Å². The summed E-state index contributed by atoms with van der Waals surface area (Å²) < 4.78 is 2.08. The second-order valence-corrected chi connectivity index (χ2v) is 5.99. The van der Waals surface area contributed by atoms with E-state index >= 15 is 0 Å². The number of nitrogens with zero attached hydrogens (tertiary/aromatic N) is 4. The Morgan fingerprint density at radius 3 is 2.85 bits per heavy atom. The maximum atomic E-state index is 5.74. The van der Waals surface area contributed by atoms with Crippen LogP contribution in [0, 0.1) is 0 Å². The Balaban J connectivity index is 1.83. The minimum Gasteiger partial charge on any atom is -0.338 e. The van der Waals surface area contributed by atoms with E-state index in [0.29, 0.717) is 12.1 Å². The molecular weight excluding hydrogens is 252 g/mol. The first-order valence-electron chi connectivity index (χ1n) is 7.41. The van der Waals surface area contributed by atoms with Gasteiger partial charge in [0.15, 0.2) is 0 Å². The molecule has 0 aliphatic carbocycles. The van der Waals surface area contributed by atoms with E-state index in [1.807, 2.05) is 19.4 Å². The fourth-order valence-corrected chi connectivity index (χ4v) is 2.89. The molecule has 0 saturated carbocycles. The molecule has 0 radical (unpaired) electrons. The largest absolute Gasteiger partial charge is 0.338 e. The molecule has 1 aliphatic heterocycles. The minimum absolute atomic E-state index is 0.339. The molecule has 6 heteroatoms. The Labute approximate surface area is 121 Å². The molecular formula is C14H28N6. The van der Waals surface area contributed by atoms with Crippen molar-refractivity contribution in [2.75, 3.05) is 33.7 Å². The molecule has 2 unspecified atom stereocenters. The summed E-state index contributed by atoms with van der Waals surface area (Å²) in [6.45, 7) is 3.41. The highest BCUT2D eigenvalue weighted by molar-refractivity contribution is 4.92. The Kier molecular flexibility index (Phi) is 5.54. The Hall–Kier alpha value is -0.950. The molecule has 1 aromatic rings. The van der Waals surface area contributed by atoms with Crippen LogP contribution in [0.5, 0.6) is 0 Å². The summed E-state index contributed by atoms with van der Waals surface area (Å²) in [5.74, 6) is 6.86. The van der Waals surface area contributed by atoms with Crippen LogP contribution in [0.2, 0.25) is 0 Å². The number of piperazine rings is 1. The summed E-state index contributed by atoms with van der Waals surface area (Å²) >= 11 is 0. The lowest BCUT2D eigenvalue weighted by Gasteiger charge is -2.39. The number of aromatic nitrogens is 2. The predicted octanol–water partition coefficient (Wildman–Crippen LogP) is -0.179. The molecule has 6 nitrogen and oxygen atoms in total. The monoisotopic (exact) mass is 280 g/mol.